The first-order valence-corrected chi connectivity index (χ1v) is 7.88. The van der Waals surface area contributed by atoms with E-state index in [4.69, 9.17) is 10.5 Å². The Labute approximate surface area is 134 Å². The van der Waals surface area contributed by atoms with Crippen LogP contribution in [0.5, 0.6) is 0 Å². The molecule has 3 N–H and O–H groups in total. The lowest BCUT2D eigenvalue weighted by Crippen LogP contribution is -2.56. The van der Waals surface area contributed by atoms with Crippen LogP contribution in [0.25, 0.3) is 0 Å². The van der Waals surface area contributed by atoms with Crippen LogP contribution in [0.3, 0.4) is 0 Å². The summed E-state index contributed by atoms with van der Waals surface area (Å²) < 4.78 is 5.15. The summed E-state index contributed by atoms with van der Waals surface area (Å²) in [4.78, 5) is 25.9. The van der Waals surface area contributed by atoms with Gasteiger partial charge in [-0.25, -0.2) is 0 Å². The first-order valence-electron chi connectivity index (χ1n) is 7.88. The number of hydrogen-bond donors (Lipinski definition) is 2. The molecule has 6 nitrogen and oxygen atoms in total. The molecule has 0 fully saturated rings. The van der Waals surface area contributed by atoms with Gasteiger partial charge in [0.15, 0.2) is 0 Å². The summed E-state index contributed by atoms with van der Waals surface area (Å²) in [6, 6.07) is 0. The second-order valence-corrected chi connectivity index (χ2v) is 7.32. The minimum Gasteiger partial charge on any atom is -0.380 e. The Hall–Kier alpha value is -1.14. The molecule has 0 unspecified atom stereocenters. The predicted octanol–water partition coefficient (Wildman–Crippen LogP) is 1.28. The van der Waals surface area contributed by atoms with Crippen LogP contribution in [-0.4, -0.2) is 54.1 Å². The molecule has 0 aliphatic rings. The van der Waals surface area contributed by atoms with Crippen molar-refractivity contribution in [3.8, 4) is 0 Å². The molecule has 0 aromatic heterocycles. The fraction of sp³-hybridized carbons (Fsp3) is 0.875. The lowest BCUT2D eigenvalue weighted by molar-refractivity contribution is -0.142. The Morgan fingerprint density at radius 2 is 1.55 bits per heavy atom. The molecule has 130 valence electrons. The van der Waals surface area contributed by atoms with Crippen LogP contribution >= 0.6 is 0 Å². The number of carbonyl (C=O) groups is 2. The fourth-order valence-electron chi connectivity index (χ4n) is 2.61. The van der Waals surface area contributed by atoms with Gasteiger partial charge < -0.3 is 20.7 Å². The van der Waals surface area contributed by atoms with Crippen molar-refractivity contribution in [1.82, 2.24) is 10.2 Å². The van der Waals surface area contributed by atoms with Crippen molar-refractivity contribution in [3.05, 3.63) is 0 Å². The lowest BCUT2D eigenvalue weighted by atomic mass is 9.95. The molecular weight excluding hydrogens is 282 g/mol. The Morgan fingerprint density at radius 1 is 1.00 bits per heavy atom. The van der Waals surface area contributed by atoms with E-state index in [2.05, 4.69) is 5.32 Å². The van der Waals surface area contributed by atoms with Gasteiger partial charge in [-0.3, -0.25) is 9.59 Å². The Morgan fingerprint density at radius 3 is 2.00 bits per heavy atom. The Kier molecular flexibility index (Phi) is 8.63. The van der Waals surface area contributed by atoms with Crippen LogP contribution in [0.15, 0.2) is 0 Å². The number of rotatable bonds is 8. The highest BCUT2D eigenvalue weighted by Gasteiger charge is 2.34. The number of nitrogens with two attached hydrogens (primary N) is 1. The molecule has 0 atom stereocenters. The van der Waals surface area contributed by atoms with Gasteiger partial charge in [-0.2, -0.15) is 0 Å². The number of nitrogens with zero attached hydrogens (tertiary/aromatic N) is 1. The summed E-state index contributed by atoms with van der Waals surface area (Å²) in [5.41, 5.74) is 4.78. The number of carbonyl (C=O) groups excluding carboxylic acids is 2. The molecule has 0 saturated heterocycles. The van der Waals surface area contributed by atoms with E-state index in [0.717, 1.165) is 0 Å². The zero-order valence-electron chi connectivity index (χ0n) is 15.0. The highest BCUT2D eigenvalue weighted by molar-refractivity contribution is 5.80. The van der Waals surface area contributed by atoms with Gasteiger partial charge in [0.1, 0.15) is 0 Å². The predicted molar refractivity (Wildman–Crippen MR) is 88.5 cm³/mol. The third-order valence-corrected chi connectivity index (χ3v) is 2.99. The van der Waals surface area contributed by atoms with Gasteiger partial charge in [0, 0.05) is 37.0 Å². The molecule has 0 aromatic rings. The lowest BCUT2D eigenvalue weighted by Gasteiger charge is -2.45. The second-order valence-electron chi connectivity index (χ2n) is 7.32. The summed E-state index contributed by atoms with van der Waals surface area (Å²) in [6.45, 7) is 13.7. The second kappa shape index (κ2) is 9.10. The third kappa shape index (κ3) is 8.34. The molecule has 0 saturated carbocycles. The van der Waals surface area contributed by atoms with E-state index in [9.17, 15) is 9.59 Å². The highest BCUT2D eigenvalue weighted by atomic mass is 16.5. The summed E-state index contributed by atoms with van der Waals surface area (Å²) in [6.07, 6.45) is 0.584. The summed E-state index contributed by atoms with van der Waals surface area (Å²) in [7, 11) is 0. The molecular formula is C16H33N3O3. The monoisotopic (exact) mass is 315 g/mol. The minimum absolute atomic E-state index is 0.0414. The van der Waals surface area contributed by atoms with Gasteiger partial charge in [0.05, 0.1) is 13.2 Å². The molecule has 0 rings (SSSR count). The smallest absolute Gasteiger partial charge is 0.225 e. The number of ether oxygens (including phenoxy) is 1. The molecule has 2 amide bonds. The van der Waals surface area contributed by atoms with Crippen LogP contribution in [0.2, 0.25) is 0 Å². The largest absolute Gasteiger partial charge is 0.380 e. The van der Waals surface area contributed by atoms with E-state index >= 15 is 0 Å². The molecule has 0 aliphatic heterocycles. The fourth-order valence-corrected chi connectivity index (χ4v) is 2.61. The molecule has 0 aromatic carbocycles. The van der Waals surface area contributed by atoms with Crippen LogP contribution in [0, 0.1) is 0 Å². The van der Waals surface area contributed by atoms with E-state index in [-0.39, 0.29) is 29.3 Å². The van der Waals surface area contributed by atoms with E-state index in [1.54, 1.807) is 0 Å². The van der Waals surface area contributed by atoms with Gasteiger partial charge in [0.2, 0.25) is 11.8 Å². The summed E-state index contributed by atoms with van der Waals surface area (Å²) in [5, 5.41) is 2.75. The maximum atomic E-state index is 12.5. The normalized spacial score (nSPS) is 12.1. The van der Waals surface area contributed by atoms with E-state index in [0.29, 0.717) is 32.7 Å². The summed E-state index contributed by atoms with van der Waals surface area (Å²) >= 11 is 0. The summed E-state index contributed by atoms with van der Waals surface area (Å²) in [5.74, 6) is -0.0671. The van der Waals surface area contributed by atoms with Crippen molar-refractivity contribution in [1.29, 1.82) is 0 Å². The van der Waals surface area contributed by atoms with Crippen LogP contribution in [0.4, 0.5) is 0 Å². The Bertz CT molecular complexity index is 343. The quantitative estimate of drug-likeness (QED) is 0.661. The third-order valence-electron chi connectivity index (χ3n) is 2.99. The van der Waals surface area contributed by atoms with Crippen molar-refractivity contribution in [2.75, 3.05) is 26.3 Å². The number of hydrogen-bond acceptors (Lipinski definition) is 4. The van der Waals surface area contributed by atoms with Crippen LogP contribution in [-0.2, 0) is 14.3 Å². The van der Waals surface area contributed by atoms with Gasteiger partial charge in [-0.05, 0) is 41.5 Å². The van der Waals surface area contributed by atoms with Crippen molar-refractivity contribution in [3.63, 3.8) is 0 Å². The zero-order valence-corrected chi connectivity index (χ0v) is 15.0. The standard InChI is InChI=1S/C16H33N3O3/c1-15(2,3)19(16(4,5)6)14(21)7-10-18-13(20)8-11-22-12-9-17/h7-12,17H2,1-6H3,(H,18,20). The van der Waals surface area contributed by atoms with Gasteiger partial charge in [-0.1, -0.05) is 0 Å². The molecule has 22 heavy (non-hydrogen) atoms. The van der Waals surface area contributed by atoms with Gasteiger partial charge >= 0.3 is 0 Å². The molecule has 0 aliphatic carbocycles. The van der Waals surface area contributed by atoms with Crippen LogP contribution in [0.1, 0.15) is 54.4 Å². The topological polar surface area (TPSA) is 84.7 Å². The van der Waals surface area contributed by atoms with E-state index in [1.165, 1.54) is 0 Å². The van der Waals surface area contributed by atoms with Crippen molar-refractivity contribution < 1.29 is 14.3 Å². The van der Waals surface area contributed by atoms with E-state index < -0.39 is 0 Å². The molecule has 0 spiro atoms. The molecule has 0 bridgehead atoms. The maximum absolute atomic E-state index is 12.5. The average Bonchev–Trinajstić information content (AvgIpc) is 2.31. The average molecular weight is 315 g/mol. The maximum Gasteiger partial charge on any atom is 0.225 e. The number of amides is 2. The number of nitrogens with one attached hydrogen (secondary N) is 1. The van der Waals surface area contributed by atoms with Gasteiger partial charge in [-0.15, -0.1) is 0 Å². The molecule has 6 heteroatoms. The van der Waals surface area contributed by atoms with Crippen molar-refractivity contribution in [2.24, 2.45) is 5.73 Å². The Balaban J connectivity index is 4.23. The first-order chi connectivity index (χ1) is 10.00. The van der Waals surface area contributed by atoms with E-state index in [1.807, 2.05) is 46.4 Å². The molecule has 0 heterocycles. The highest BCUT2D eigenvalue weighted by Crippen LogP contribution is 2.25. The van der Waals surface area contributed by atoms with Crippen molar-refractivity contribution >= 4 is 11.8 Å². The minimum atomic E-state index is -0.255. The van der Waals surface area contributed by atoms with Crippen LogP contribution < -0.4 is 11.1 Å². The first kappa shape index (κ1) is 20.9. The SMILES string of the molecule is CC(C)(C)N(C(=O)CCNC(=O)CCOCCN)C(C)(C)C. The van der Waals surface area contributed by atoms with Gasteiger partial charge in [0.25, 0.3) is 0 Å². The zero-order chi connectivity index (χ0) is 17.4. The molecule has 0 radical (unpaired) electrons. The van der Waals surface area contributed by atoms with Crippen molar-refractivity contribution in [2.45, 2.75) is 65.5 Å².